The van der Waals surface area contributed by atoms with Crippen molar-refractivity contribution in [2.24, 2.45) is 17.3 Å². The van der Waals surface area contributed by atoms with E-state index in [1.165, 1.54) is 24.2 Å². The van der Waals surface area contributed by atoms with Crippen molar-refractivity contribution in [1.82, 2.24) is 0 Å². The molecular weight excluding hydrogens is 244 g/mol. The first-order valence-corrected chi connectivity index (χ1v) is 7.66. The molecule has 1 fully saturated rings. The second kappa shape index (κ2) is 5.67. The third kappa shape index (κ3) is 3.28. The van der Waals surface area contributed by atoms with Crippen molar-refractivity contribution in [3.63, 3.8) is 0 Å². The summed E-state index contributed by atoms with van der Waals surface area (Å²) < 4.78 is 0. The maximum Gasteiger partial charge on any atom is 0.0362 e. The molecular formula is C18H29N2. The molecule has 1 radical (unpaired) electrons. The summed E-state index contributed by atoms with van der Waals surface area (Å²) in [5.41, 5.74) is 2.74. The highest BCUT2D eigenvalue weighted by Gasteiger charge is 2.39. The van der Waals surface area contributed by atoms with Crippen molar-refractivity contribution in [3.8, 4) is 0 Å². The van der Waals surface area contributed by atoms with E-state index in [2.05, 4.69) is 76.3 Å². The predicted octanol–water partition coefficient (Wildman–Crippen LogP) is 4.44. The van der Waals surface area contributed by atoms with Crippen LogP contribution in [0.15, 0.2) is 24.3 Å². The maximum absolute atomic E-state index is 4.40. The largest absolute Gasteiger partial charge is 0.381 e. The van der Waals surface area contributed by atoms with Crippen LogP contribution in [0.5, 0.6) is 0 Å². The molecule has 2 heteroatoms. The molecule has 0 spiro atoms. The van der Waals surface area contributed by atoms with Crippen LogP contribution in [-0.4, -0.2) is 20.1 Å². The zero-order chi connectivity index (χ0) is 14.9. The molecule has 1 unspecified atom stereocenters. The topological polar surface area (TPSA) is 15.3 Å². The Hall–Kier alpha value is -1.18. The summed E-state index contributed by atoms with van der Waals surface area (Å²) in [7, 11) is 4.14. The number of rotatable bonds is 3. The van der Waals surface area contributed by atoms with Crippen molar-refractivity contribution in [2.45, 2.75) is 39.7 Å². The van der Waals surface area contributed by atoms with Gasteiger partial charge < -0.3 is 10.2 Å². The van der Waals surface area contributed by atoms with Gasteiger partial charge in [-0.1, -0.05) is 20.8 Å². The minimum absolute atomic E-state index is 0.296. The van der Waals surface area contributed by atoms with Crippen LogP contribution in [0.4, 0.5) is 11.4 Å². The average molecular weight is 273 g/mol. The lowest BCUT2D eigenvalue weighted by molar-refractivity contribution is 0.132. The molecule has 20 heavy (non-hydrogen) atoms. The molecule has 0 bridgehead atoms. The molecule has 1 saturated carbocycles. The summed E-state index contributed by atoms with van der Waals surface area (Å²) >= 11 is 0. The van der Waals surface area contributed by atoms with Gasteiger partial charge in [-0.2, -0.15) is 0 Å². The third-order valence-electron chi connectivity index (χ3n) is 4.60. The summed E-state index contributed by atoms with van der Waals surface area (Å²) in [5.74, 6) is 1.25. The van der Waals surface area contributed by atoms with Gasteiger partial charge in [-0.15, -0.1) is 0 Å². The Morgan fingerprint density at radius 1 is 1.20 bits per heavy atom. The maximum atomic E-state index is 4.40. The van der Waals surface area contributed by atoms with E-state index in [9.17, 15) is 0 Å². The fraction of sp³-hybridized carbons (Fsp3) is 0.611. The molecule has 111 valence electrons. The molecule has 0 saturated heterocycles. The van der Waals surface area contributed by atoms with Gasteiger partial charge >= 0.3 is 0 Å². The Kier molecular flexibility index (Phi) is 4.31. The molecule has 2 rings (SSSR count). The van der Waals surface area contributed by atoms with Gasteiger partial charge in [0.25, 0.3) is 0 Å². The van der Waals surface area contributed by atoms with Crippen molar-refractivity contribution < 1.29 is 0 Å². The van der Waals surface area contributed by atoms with Crippen molar-refractivity contribution in [2.75, 3.05) is 24.3 Å². The van der Waals surface area contributed by atoms with Gasteiger partial charge in [0.2, 0.25) is 0 Å². The van der Waals surface area contributed by atoms with E-state index >= 15 is 0 Å². The normalized spacial score (nSPS) is 29.0. The Morgan fingerprint density at radius 3 is 2.30 bits per heavy atom. The van der Waals surface area contributed by atoms with Crippen molar-refractivity contribution >= 4 is 11.4 Å². The first-order valence-electron chi connectivity index (χ1n) is 7.66. The number of hydrogen-bond acceptors (Lipinski definition) is 2. The second-order valence-corrected chi connectivity index (χ2v) is 7.36. The van der Waals surface area contributed by atoms with Crippen molar-refractivity contribution in [3.05, 3.63) is 31.2 Å². The van der Waals surface area contributed by atoms with Crippen LogP contribution in [-0.2, 0) is 0 Å². The lowest BCUT2D eigenvalue weighted by atomic mass is 9.65. The summed E-state index contributed by atoms with van der Waals surface area (Å²) in [4.78, 5) is 2.13. The highest BCUT2D eigenvalue weighted by molar-refractivity contribution is 5.55. The molecule has 2 nitrogen and oxygen atoms in total. The van der Waals surface area contributed by atoms with Crippen LogP contribution in [0.2, 0.25) is 0 Å². The number of benzene rings is 1. The average Bonchev–Trinajstić information content (AvgIpc) is 2.33. The van der Waals surface area contributed by atoms with E-state index in [4.69, 9.17) is 0 Å². The standard InChI is InChI=1S/C18H29N2/c1-13-11-14(2)17(18(3,4)12-13)19-15-7-9-16(10-8-15)20(5)6/h7-10,13-14,17,19H,2,11-12H2,1,3-6H3/t13?,14-,17+/m1/s1. The lowest BCUT2D eigenvalue weighted by Gasteiger charge is -2.46. The van der Waals surface area contributed by atoms with Gasteiger partial charge in [0.15, 0.2) is 0 Å². The Balaban J connectivity index is 2.11. The Bertz CT molecular complexity index is 433. The van der Waals surface area contributed by atoms with Gasteiger partial charge in [-0.25, -0.2) is 0 Å². The smallest absolute Gasteiger partial charge is 0.0362 e. The molecule has 1 aliphatic rings. The molecule has 1 aliphatic carbocycles. The van der Waals surface area contributed by atoms with Crippen LogP contribution in [0.1, 0.15) is 33.6 Å². The highest BCUT2D eigenvalue weighted by Crippen LogP contribution is 2.43. The zero-order valence-electron chi connectivity index (χ0n) is 13.6. The fourth-order valence-electron chi connectivity index (χ4n) is 3.75. The van der Waals surface area contributed by atoms with Crippen LogP contribution in [0, 0.1) is 24.2 Å². The molecule has 3 atom stereocenters. The van der Waals surface area contributed by atoms with Crippen LogP contribution in [0.25, 0.3) is 0 Å². The predicted molar refractivity (Wildman–Crippen MR) is 89.2 cm³/mol. The first kappa shape index (κ1) is 15.2. The molecule has 1 N–H and O–H groups in total. The van der Waals surface area contributed by atoms with E-state index in [-0.39, 0.29) is 0 Å². The summed E-state index contributed by atoms with van der Waals surface area (Å²) in [5, 5.41) is 3.73. The number of hydrogen-bond donors (Lipinski definition) is 1. The van der Waals surface area contributed by atoms with Gasteiger partial charge in [-0.05, 0) is 61.3 Å². The van der Waals surface area contributed by atoms with E-state index in [0.29, 0.717) is 17.4 Å². The summed E-state index contributed by atoms with van der Waals surface area (Å²) in [6.07, 6.45) is 2.49. The van der Waals surface area contributed by atoms with E-state index < -0.39 is 0 Å². The lowest BCUT2D eigenvalue weighted by Crippen LogP contribution is -2.46. The van der Waals surface area contributed by atoms with E-state index in [0.717, 1.165) is 5.92 Å². The highest BCUT2D eigenvalue weighted by atomic mass is 15.1. The third-order valence-corrected chi connectivity index (χ3v) is 4.60. The van der Waals surface area contributed by atoms with Crippen LogP contribution < -0.4 is 10.2 Å². The second-order valence-electron chi connectivity index (χ2n) is 7.36. The number of anilines is 2. The molecule has 0 aromatic heterocycles. The monoisotopic (exact) mass is 273 g/mol. The van der Waals surface area contributed by atoms with E-state index in [1.54, 1.807) is 0 Å². The minimum atomic E-state index is 0.296. The van der Waals surface area contributed by atoms with E-state index in [1.807, 2.05) is 0 Å². The first-order chi connectivity index (χ1) is 9.29. The number of nitrogens with one attached hydrogen (secondary N) is 1. The Morgan fingerprint density at radius 2 is 1.80 bits per heavy atom. The van der Waals surface area contributed by atoms with Gasteiger partial charge in [0.05, 0.1) is 0 Å². The van der Waals surface area contributed by atoms with Crippen LogP contribution in [0.3, 0.4) is 0 Å². The van der Waals surface area contributed by atoms with Gasteiger partial charge in [-0.3, -0.25) is 0 Å². The quantitative estimate of drug-likeness (QED) is 0.876. The number of nitrogens with zero attached hydrogens (tertiary/aromatic N) is 1. The summed E-state index contributed by atoms with van der Waals surface area (Å²) in [6, 6.07) is 9.13. The Labute approximate surface area is 124 Å². The van der Waals surface area contributed by atoms with Gasteiger partial charge in [0.1, 0.15) is 0 Å². The zero-order valence-corrected chi connectivity index (χ0v) is 13.6. The molecule has 0 heterocycles. The van der Waals surface area contributed by atoms with Gasteiger partial charge in [0, 0.05) is 31.5 Å². The minimum Gasteiger partial charge on any atom is -0.381 e. The molecule has 1 aromatic rings. The van der Waals surface area contributed by atoms with Crippen molar-refractivity contribution in [1.29, 1.82) is 0 Å². The van der Waals surface area contributed by atoms with Crippen LogP contribution >= 0.6 is 0 Å². The molecule has 1 aromatic carbocycles. The SMILES string of the molecule is [CH2][C@@H]1CC(C)CC(C)(C)[C@H]1Nc1ccc(N(C)C)cc1. The molecule has 0 aliphatic heterocycles. The summed E-state index contributed by atoms with van der Waals surface area (Å²) in [6.45, 7) is 11.5. The molecule has 0 amide bonds. The fourth-order valence-corrected chi connectivity index (χ4v) is 3.75.